The zero-order chi connectivity index (χ0) is 10.2. The lowest BCUT2D eigenvalue weighted by atomic mass is 10.1. The number of hydrogen-bond donors (Lipinski definition) is 1. The molecule has 0 spiro atoms. The van der Waals surface area contributed by atoms with Gasteiger partial charge < -0.3 is 15.4 Å². The van der Waals surface area contributed by atoms with Crippen LogP contribution in [0.4, 0.5) is 0 Å². The molecule has 1 aliphatic rings. The molecule has 1 saturated heterocycles. The van der Waals surface area contributed by atoms with Crippen LogP contribution in [0.15, 0.2) is 0 Å². The largest absolute Gasteiger partial charge is 0.381 e. The summed E-state index contributed by atoms with van der Waals surface area (Å²) in [5.41, 5.74) is 5.90. The van der Waals surface area contributed by atoms with E-state index in [2.05, 4.69) is 11.8 Å². The van der Waals surface area contributed by atoms with Crippen molar-refractivity contribution in [2.45, 2.75) is 38.6 Å². The van der Waals surface area contributed by atoms with E-state index in [9.17, 15) is 0 Å². The first-order valence-electron chi connectivity index (χ1n) is 5.88. The molecule has 0 aromatic heterocycles. The second kappa shape index (κ2) is 7.21. The molecule has 2 N–H and O–H groups in total. The molecule has 3 heteroatoms. The molecule has 0 aromatic carbocycles. The average molecular weight is 200 g/mol. The van der Waals surface area contributed by atoms with Crippen LogP contribution in [0.5, 0.6) is 0 Å². The van der Waals surface area contributed by atoms with E-state index in [-0.39, 0.29) is 0 Å². The van der Waals surface area contributed by atoms with Gasteiger partial charge in [0.05, 0.1) is 0 Å². The fourth-order valence-corrected chi connectivity index (χ4v) is 1.93. The molecule has 0 amide bonds. The number of ether oxygens (including phenoxy) is 1. The van der Waals surface area contributed by atoms with E-state index in [0.29, 0.717) is 6.04 Å². The van der Waals surface area contributed by atoms with E-state index in [1.165, 1.54) is 19.4 Å². The number of likely N-dealkylation sites (tertiary alicyclic amines) is 1. The SMILES string of the molecule is CCCOCCCN1CCCC(N)C1. The lowest BCUT2D eigenvalue weighted by molar-refractivity contribution is 0.115. The fraction of sp³-hybridized carbons (Fsp3) is 1.00. The Balaban J connectivity index is 1.95. The van der Waals surface area contributed by atoms with Crippen molar-refractivity contribution in [3.05, 3.63) is 0 Å². The van der Waals surface area contributed by atoms with Crippen LogP contribution in [0.3, 0.4) is 0 Å². The maximum Gasteiger partial charge on any atom is 0.0478 e. The maximum atomic E-state index is 5.90. The predicted molar refractivity (Wildman–Crippen MR) is 59.4 cm³/mol. The highest BCUT2D eigenvalue weighted by molar-refractivity contribution is 4.74. The Morgan fingerprint density at radius 2 is 2.29 bits per heavy atom. The Bertz CT molecular complexity index is 141. The third-order valence-electron chi connectivity index (χ3n) is 2.65. The van der Waals surface area contributed by atoms with Crippen LogP contribution in [0.25, 0.3) is 0 Å². The van der Waals surface area contributed by atoms with Crippen molar-refractivity contribution in [2.75, 3.05) is 32.8 Å². The molecule has 0 aliphatic carbocycles. The molecule has 1 heterocycles. The summed E-state index contributed by atoms with van der Waals surface area (Å²) in [6.07, 6.45) is 4.72. The van der Waals surface area contributed by atoms with Crippen molar-refractivity contribution in [1.29, 1.82) is 0 Å². The molecule has 0 radical (unpaired) electrons. The smallest absolute Gasteiger partial charge is 0.0478 e. The van der Waals surface area contributed by atoms with Crippen LogP contribution < -0.4 is 5.73 Å². The zero-order valence-electron chi connectivity index (χ0n) is 9.37. The van der Waals surface area contributed by atoms with E-state index >= 15 is 0 Å². The highest BCUT2D eigenvalue weighted by Gasteiger charge is 2.15. The van der Waals surface area contributed by atoms with Crippen LogP contribution in [0, 0.1) is 0 Å². The summed E-state index contributed by atoms with van der Waals surface area (Å²) in [5.74, 6) is 0. The highest BCUT2D eigenvalue weighted by Crippen LogP contribution is 2.08. The summed E-state index contributed by atoms with van der Waals surface area (Å²) in [6, 6.07) is 0.403. The average Bonchev–Trinajstić information content (AvgIpc) is 2.18. The van der Waals surface area contributed by atoms with Crippen molar-refractivity contribution in [2.24, 2.45) is 5.73 Å². The first-order chi connectivity index (χ1) is 6.83. The lowest BCUT2D eigenvalue weighted by Crippen LogP contribution is -2.43. The third-order valence-corrected chi connectivity index (χ3v) is 2.65. The monoisotopic (exact) mass is 200 g/mol. The second-order valence-electron chi connectivity index (χ2n) is 4.17. The minimum Gasteiger partial charge on any atom is -0.381 e. The molecule has 1 unspecified atom stereocenters. The molecule has 0 saturated carbocycles. The maximum absolute atomic E-state index is 5.90. The number of nitrogens with zero attached hydrogens (tertiary/aromatic N) is 1. The summed E-state index contributed by atoms with van der Waals surface area (Å²) >= 11 is 0. The number of nitrogens with two attached hydrogens (primary N) is 1. The van der Waals surface area contributed by atoms with Crippen LogP contribution in [0.1, 0.15) is 32.6 Å². The first kappa shape index (κ1) is 12.0. The number of piperidine rings is 1. The predicted octanol–water partition coefficient (Wildman–Crippen LogP) is 1.23. The molecule has 1 atom stereocenters. The van der Waals surface area contributed by atoms with Gasteiger partial charge in [-0.05, 0) is 32.2 Å². The van der Waals surface area contributed by atoms with Gasteiger partial charge in [-0.2, -0.15) is 0 Å². The Hall–Kier alpha value is -0.120. The standard InChI is InChI=1S/C11H24N2O/c1-2-8-14-9-4-7-13-6-3-5-11(12)10-13/h11H,2-10,12H2,1H3. The minimum atomic E-state index is 0.403. The van der Waals surface area contributed by atoms with E-state index < -0.39 is 0 Å². The van der Waals surface area contributed by atoms with Gasteiger partial charge in [-0.15, -0.1) is 0 Å². The van der Waals surface area contributed by atoms with Crippen molar-refractivity contribution in [1.82, 2.24) is 4.90 Å². The van der Waals surface area contributed by atoms with E-state index in [1.807, 2.05) is 0 Å². The fourth-order valence-electron chi connectivity index (χ4n) is 1.93. The molecular formula is C11H24N2O. The summed E-state index contributed by atoms with van der Waals surface area (Å²) in [4.78, 5) is 2.46. The molecule has 14 heavy (non-hydrogen) atoms. The number of hydrogen-bond acceptors (Lipinski definition) is 3. The molecule has 1 rings (SSSR count). The van der Waals surface area contributed by atoms with Gasteiger partial charge in [0.15, 0.2) is 0 Å². The van der Waals surface area contributed by atoms with Crippen molar-refractivity contribution >= 4 is 0 Å². The lowest BCUT2D eigenvalue weighted by Gasteiger charge is -2.30. The van der Waals surface area contributed by atoms with Crippen LogP contribution in [-0.2, 0) is 4.74 Å². The summed E-state index contributed by atoms with van der Waals surface area (Å²) in [7, 11) is 0. The molecule has 1 aliphatic heterocycles. The molecule has 84 valence electrons. The molecule has 3 nitrogen and oxygen atoms in total. The van der Waals surface area contributed by atoms with Crippen LogP contribution in [-0.4, -0.2) is 43.8 Å². The van der Waals surface area contributed by atoms with Crippen LogP contribution in [0.2, 0.25) is 0 Å². The summed E-state index contributed by atoms with van der Waals surface area (Å²) in [6.45, 7) is 7.40. The van der Waals surface area contributed by atoms with E-state index in [0.717, 1.165) is 39.1 Å². The van der Waals surface area contributed by atoms with Crippen molar-refractivity contribution < 1.29 is 4.74 Å². The molecular weight excluding hydrogens is 176 g/mol. The Morgan fingerprint density at radius 1 is 1.43 bits per heavy atom. The van der Waals surface area contributed by atoms with Crippen molar-refractivity contribution in [3.8, 4) is 0 Å². The van der Waals surface area contributed by atoms with Gasteiger partial charge in [0.25, 0.3) is 0 Å². The zero-order valence-corrected chi connectivity index (χ0v) is 9.37. The Kier molecular flexibility index (Phi) is 6.15. The Morgan fingerprint density at radius 3 is 3.00 bits per heavy atom. The van der Waals surface area contributed by atoms with Gasteiger partial charge in [0.2, 0.25) is 0 Å². The first-order valence-corrected chi connectivity index (χ1v) is 5.88. The van der Waals surface area contributed by atoms with Gasteiger partial charge in [-0.3, -0.25) is 0 Å². The second-order valence-corrected chi connectivity index (χ2v) is 4.17. The van der Waals surface area contributed by atoms with Gasteiger partial charge in [0.1, 0.15) is 0 Å². The van der Waals surface area contributed by atoms with Crippen molar-refractivity contribution in [3.63, 3.8) is 0 Å². The van der Waals surface area contributed by atoms with Gasteiger partial charge in [-0.25, -0.2) is 0 Å². The molecule has 0 bridgehead atoms. The molecule has 1 fully saturated rings. The van der Waals surface area contributed by atoms with E-state index in [1.54, 1.807) is 0 Å². The van der Waals surface area contributed by atoms with Gasteiger partial charge >= 0.3 is 0 Å². The third kappa shape index (κ3) is 4.94. The number of rotatable bonds is 6. The topological polar surface area (TPSA) is 38.5 Å². The van der Waals surface area contributed by atoms with Gasteiger partial charge in [-0.1, -0.05) is 6.92 Å². The normalized spacial score (nSPS) is 24.0. The minimum absolute atomic E-state index is 0.403. The van der Waals surface area contributed by atoms with Gasteiger partial charge in [0, 0.05) is 32.3 Å². The molecule has 0 aromatic rings. The summed E-state index contributed by atoms with van der Waals surface area (Å²) < 4.78 is 5.44. The quantitative estimate of drug-likeness (QED) is 0.655. The Labute approximate surface area is 87.6 Å². The van der Waals surface area contributed by atoms with E-state index in [4.69, 9.17) is 10.5 Å². The summed E-state index contributed by atoms with van der Waals surface area (Å²) in [5, 5.41) is 0. The highest BCUT2D eigenvalue weighted by atomic mass is 16.5. The van der Waals surface area contributed by atoms with Crippen LogP contribution >= 0.6 is 0 Å².